The summed E-state index contributed by atoms with van der Waals surface area (Å²) in [6, 6.07) is 12.2. The van der Waals surface area contributed by atoms with Crippen LogP contribution in [0.5, 0.6) is 5.75 Å². The number of carbonyl (C=O) groups excluding carboxylic acids is 1. The lowest BCUT2D eigenvalue weighted by Gasteiger charge is -2.14. The Bertz CT molecular complexity index is 1020. The number of aromatic nitrogens is 2. The number of nitrogens with zero attached hydrogens (tertiary/aromatic N) is 2. The van der Waals surface area contributed by atoms with Gasteiger partial charge in [0.15, 0.2) is 5.82 Å². The van der Waals surface area contributed by atoms with E-state index in [0.717, 1.165) is 0 Å². The van der Waals surface area contributed by atoms with Gasteiger partial charge in [0, 0.05) is 18.8 Å². The van der Waals surface area contributed by atoms with E-state index in [0.29, 0.717) is 45.2 Å². The molecule has 0 aliphatic rings. The number of amides is 1. The van der Waals surface area contributed by atoms with Crippen molar-refractivity contribution in [1.82, 2.24) is 15.3 Å². The van der Waals surface area contributed by atoms with Gasteiger partial charge in [-0.15, -0.1) is 12.4 Å². The summed E-state index contributed by atoms with van der Waals surface area (Å²) in [6.45, 7) is 0. The van der Waals surface area contributed by atoms with Crippen LogP contribution in [0, 0.1) is 0 Å². The third kappa shape index (κ3) is 5.18. The van der Waals surface area contributed by atoms with E-state index in [1.54, 1.807) is 50.6 Å². The molecule has 8 nitrogen and oxygen atoms in total. The lowest BCUT2D eigenvalue weighted by molar-refractivity contribution is 0.0964. The Morgan fingerprint density at radius 3 is 2.62 bits per heavy atom. The molecule has 0 unspecified atom stereocenters. The van der Waals surface area contributed by atoms with E-state index in [1.165, 1.54) is 6.20 Å². The van der Waals surface area contributed by atoms with E-state index in [2.05, 4.69) is 25.9 Å². The molecule has 0 aliphatic carbocycles. The first-order chi connectivity index (χ1) is 13.5. The number of nitrogens with two attached hydrogens (primary N) is 1. The van der Waals surface area contributed by atoms with Crippen molar-refractivity contribution >= 4 is 58.7 Å². The number of para-hydroxylation sites is 1. The maximum Gasteiger partial charge on any atom is 0.253 e. The lowest BCUT2D eigenvalue weighted by Crippen LogP contribution is -2.19. The van der Waals surface area contributed by atoms with E-state index in [-0.39, 0.29) is 18.3 Å². The zero-order valence-electron chi connectivity index (χ0n) is 15.7. The summed E-state index contributed by atoms with van der Waals surface area (Å²) in [5, 5.41) is 9.07. The van der Waals surface area contributed by atoms with Gasteiger partial charge in [0.1, 0.15) is 10.8 Å². The van der Waals surface area contributed by atoms with Gasteiger partial charge in [-0.1, -0.05) is 23.7 Å². The molecule has 0 spiro atoms. The van der Waals surface area contributed by atoms with Crippen LogP contribution >= 0.6 is 24.0 Å². The summed E-state index contributed by atoms with van der Waals surface area (Å²) in [4.78, 5) is 20.7. The molecule has 0 radical (unpaired) electrons. The number of hydrogen-bond acceptors (Lipinski definition) is 7. The smallest absolute Gasteiger partial charge is 0.253 e. The van der Waals surface area contributed by atoms with Crippen LogP contribution in [0.15, 0.2) is 48.7 Å². The Balaban J connectivity index is 0.00000300. The summed E-state index contributed by atoms with van der Waals surface area (Å²) in [6.07, 6.45) is 1.46. The second-order valence-electron chi connectivity index (χ2n) is 5.72. The quantitative estimate of drug-likeness (QED) is 0.433. The molecule has 0 saturated carbocycles. The molecule has 152 valence electrons. The molecular formula is C19H20Cl2N6O2. The van der Waals surface area contributed by atoms with Crippen LogP contribution in [0.3, 0.4) is 0 Å². The van der Waals surface area contributed by atoms with Gasteiger partial charge in [0.05, 0.1) is 30.2 Å². The van der Waals surface area contributed by atoms with Crippen LogP contribution in [0.1, 0.15) is 10.4 Å². The topological polar surface area (TPSA) is 114 Å². The fraction of sp³-hybridized carbons (Fsp3) is 0.105. The zero-order valence-corrected chi connectivity index (χ0v) is 17.3. The highest BCUT2D eigenvalue weighted by molar-refractivity contribution is 6.33. The number of nitrogens with one attached hydrogen (secondary N) is 3. The molecule has 10 heteroatoms. The first-order valence-corrected chi connectivity index (χ1v) is 8.71. The van der Waals surface area contributed by atoms with Gasteiger partial charge >= 0.3 is 0 Å². The van der Waals surface area contributed by atoms with Crippen LogP contribution in [0.4, 0.5) is 28.8 Å². The Kier molecular flexibility index (Phi) is 7.46. The molecule has 0 saturated heterocycles. The van der Waals surface area contributed by atoms with Gasteiger partial charge in [0.2, 0.25) is 5.95 Å². The Labute approximate surface area is 179 Å². The number of anilines is 5. The predicted molar refractivity (Wildman–Crippen MR) is 118 cm³/mol. The highest BCUT2D eigenvalue weighted by Crippen LogP contribution is 2.30. The second-order valence-corrected chi connectivity index (χ2v) is 6.13. The summed E-state index contributed by atoms with van der Waals surface area (Å²) < 4.78 is 5.32. The van der Waals surface area contributed by atoms with Crippen molar-refractivity contribution in [2.45, 2.75) is 0 Å². The number of nitrogen functional groups attached to an aromatic ring is 1. The summed E-state index contributed by atoms with van der Waals surface area (Å²) in [5.74, 6) is 0.980. The number of methoxy groups -OCH3 is 1. The van der Waals surface area contributed by atoms with Crippen molar-refractivity contribution in [3.05, 3.63) is 59.2 Å². The molecule has 3 aromatic rings. The van der Waals surface area contributed by atoms with E-state index in [4.69, 9.17) is 22.1 Å². The molecule has 0 bridgehead atoms. The molecule has 29 heavy (non-hydrogen) atoms. The summed E-state index contributed by atoms with van der Waals surface area (Å²) in [7, 11) is 3.12. The molecule has 1 amide bonds. The average molecular weight is 435 g/mol. The maximum atomic E-state index is 12.1. The highest BCUT2D eigenvalue weighted by Gasteiger charge is 2.13. The van der Waals surface area contributed by atoms with E-state index < -0.39 is 0 Å². The van der Waals surface area contributed by atoms with Gasteiger partial charge in [0.25, 0.3) is 5.91 Å². The first-order valence-electron chi connectivity index (χ1n) is 8.33. The standard InChI is InChI=1S/C19H19ClN6O2.ClH/c1-22-18(27)12-5-3-4-6-14(12)24-17-13(20)10-23-19(26-17)25-15-8-7-11(21)9-16(15)28-2;/h3-10H,21H2,1-2H3,(H,22,27)(H2,23,24,25,26);1H. The largest absolute Gasteiger partial charge is 0.494 e. The Morgan fingerprint density at radius 2 is 1.90 bits per heavy atom. The van der Waals surface area contributed by atoms with Crippen molar-refractivity contribution in [2.24, 2.45) is 0 Å². The van der Waals surface area contributed by atoms with Crippen molar-refractivity contribution in [1.29, 1.82) is 0 Å². The Hall–Kier alpha value is -3.23. The fourth-order valence-corrected chi connectivity index (χ4v) is 2.64. The van der Waals surface area contributed by atoms with Crippen LogP contribution in [0.25, 0.3) is 0 Å². The van der Waals surface area contributed by atoms with Crippen LogP contribution in [-0.2, 0) is 0 Å². The van der Waals surface area contributed by atoms with Gasteiger partial charge in [-0.05, 0) is 24.3 Å². The summed E-state index contributed by atoms with van der Waals surface area (Å²) in [5.41, 5.74) is 8.04. The number of carbonyl (C=O) groups is 1. The van der Waals surface area contributed by atoms with E-state index in [1.807, 2.05) is 6.07 Å². The van der Waals surface area contributed by atoms with E-state index in [9.17, 15) is 4.79 Å². The predicted octanol–water partition coefficient (Wildman–Crippen LogP) is 3.99. The minimum Gasteiger partial charge on any atom is -0.494 e. The van der Waals surface area contributed by atoms with Crippen LogP contribution < -0.4 is 26.4 Å². The average Bonchev–Trinajstić information content (AvgIpc) is 2.71. The summed E-state index contributed by atoms with van der Waals surface area (Å²) >= 11 is 6.24. The van der Waals surface area contributed by atoms with Gasteiger partial charge in [-0.3, -0.25) is 4.79 Å². The molecule has 3 rings (SSSR count). The molecule has 2 aromatic carbocycles. The lowest BCUT2D eigenvalue weighted by atomic mass is 10.1. The molecular weight excluding hydrogens is 415 g/mol. The molecule has 5 N–H and O–H groups in total. The minimum atomic E-state index is -0.224. The van der Waals surface area contributed by atoms with Gasteiger partial charge in [-0.2, -0.15) is 4.98 Å². The second kappa shape index (κ2) is 9.81. The third-order valence-corrected chi connectivity index (χ3v) is 4.14. The number of rotatable bonds is 6. The molecule has 0 aliphatic heterocycles. The van der Waals surface area contributed by atoms with Crippen molar-refractivity contribution in [3.63, 3.8) is 0 Å². The molecule has 0 fully saturated rings. The van der Waals surface area contributed by atoms with Crippen molar-refractivity contribution < 1.29 is 9.53 Å². The third-order valence-electron chi connectivity index (χ3n) is 3.87. The molecule has 1 aromatic heterocycles. The SMILES string of the molecule is CNC(=O)c1ccccc1Nc1nc(Nc2ccc(N)cc2OC)ncc1Cl.Cl. The highest BCUT2D eigenvalue weighted by atomic mass is 35.5. The molecule has 0 atom stereocenters. The normalized spacial score (nSPS) is 9.90. The molecule has 1 heterocycles. The van der Waals surface area contributed by atoms with E-state index >= 15 is 0 Å². The zero-order chi connectivity index (χ0) is 20.1. The fourth-order valence-electron chi connectivity index (χ4n) is 2.50. The number of ether oxygens (including phenoxy) is 1. The number of benzene rings is 2. The monoisotopic (exact) mass is 434 g/mol. The number of halogens is 2. The minimum absolute atomic E-state index is 0. The Morgan fingerprint density at radius 1 is 1.14 bits per heavy atom. The van der Waals surface area contributed by atoms with Crippen molar-refractivity contribution in [2.75, 3.05) is 30.5 Å². The van der Waals surface area contributed by atoms with Gasteiger partial charge in [-0.25, -0.2) is 4.98 Å². The first kappa shape index (κ1) is 22.1. The van der Waals surface area contributed by atoms with Crippen molar-refractivity contribution in [3.8, 4) is 5.75 Å². The van der Waals surface area contributed by atoms with Gasteiger partial charge < -0.3 is 26.4 Å². The van der Waals surface area contributed by atoms with Crippen LogP contribution in [-0.4, -0.2) is 30.0 Å². The van der Waals surface area contributed by atoms with Crippen LogP contribution in [0.2, 0.25) is 5.02 Å². The number of hydrogen-bond donors (Lipinski definition) is 4. The maximum absolute atomic E-state index is 12.1.